The van der Waals surface area contributed by atoms with E-state index in [-0.39, 0.29) is 26.5 Å². The molecule has 7 aromatic carbocycles. The monoisotopic (exact) mass is 902 g/mol. The van der Waals surface area contributed by atoms with Gasteiger partial charge in [-0.3, -0.25) is 8.80 Å². The first-order valence-corrected chi connectivity index (χ1v) is 18.7. The maximum absolute atomic E-state index is 5.20. The molecule has 270 valence electrons. The maximum Gasteiger partial charge on any atom is 2.00 e. The third kappa shape index (κ3) is 4.49. The van der Waals surface area contributed by atoms with E-state index in [1.165, 1.54) is 5.56 Å². The second kappa shape index (κ2) is 11.8. The van der Waals surface area contributed by atoms with Gasteiger partial charge in [0.2, 0.25) is 11.6 Å². The van der Waals surface area contributed by atoms with Crippen LogP contribution in [-0.4, -0.2) is 32.5 Å². The molecule has 0 amide bonds. The molecule has 0 bridgehead atoms. The first-order valence-electron chi connectivity index (χ1n) is 18.7. The van der Waals surface area contributed by atoms with Crippen LogP contribution in [0.25, 0.3) is 94.6 Å². The number of hydrogen-bond donors (Lipinski definition) is 0. The summed E-state index contributed by atoms with van der Waals surface area (Å²) in [5.41, 5.74) is 14.6. The molecule has 8 heteroatoms. The number of benzene rings is 7. The van der Waals surface area contributed by atoms with Gasteiger partial charge in [0.05, 0.1) is 44.1 Å². The molecule has 0 N–H and O–H groups in total. The zero-order chi connectivity index (χ0) is 36.6. The van der Waals surface area contributed by atoms with Gasteiger partial charge in [-0.2, -0.15) is 12.1 Å². The van der Waals surface area contributed by atoms with Crippen molar-refractivity contribution in [2.75, 3.05) is 0 Å². The summed E-state index contributed by atoms with van der Waals surface area (Å²) < 4.78 is 11.3. The van der Waals surface area contributed by atoms with E-state index < -0.39 is 0 Å². The van der Waals surface area contributed by atoms with Gasteiger partial charge in [-0.05, 0) is 71.0 Å². The number of para-hydroxylation sites is 7. The molecule has 5 aromatic heterocycles. The van der Waals surface area contributed by atoms with Gasteiger partial charge in [0.25, 0.3) is 0 Å². The number of rotatable bonds is 3. The third-order valence-corrected chi connectivity index (χ3v) is 11.2. The Hall–Kier alpha value is -6.43. The molecule has 7 nitrogen and oxygen atoms in total. The molecule has 0 aliphatic rings. The van der Waals surface area contributed by atoms with Gasteiger partial charge in [-0.1, -0.05) is 104 Å². The van der Waals surface area contributed by atoms with Gasteiger partial charge < -0.3 is 13.7 Å². The summed E-state index contributed by atoms with van der Waals surface area (Å²) in [7, 11) is 0. The van der Waals surface area contributed by atoms with Crippen LogP contribution in [0.5, 0.6) is 0 Å². The Balaban J connectivity index is 0.00000363. The smallest absolute Gasteiger partial charge is 0.358 e. The number of hydrogen-bond acceptors (Lipinski definition) is 2. The molecule has 0 radical (unpaired) electrons. The van der Waals surface area contributed by atoms with E-state index in [1.54, 1.807) is 0 Å². The zero-order valence-corrected chi connectivity index (χ0v) is 33.1. The molecular formula is C48H33N7Pt. The van der Waals surface area contributed by atoms with E-state index in [1.807, 2.05) is 6.07 Å². The van der Waals surface area contributed by atoms with Crippen LogP contribution in [0, 0.1) is 12.1 Å². The minimum Gasteiger partial charge on any atom is -0.358 e. The second-order valence-corrected chi connectivity index (χ2v) is 15.5. The van der Waals surface area contributed by atoms with E-state index >= 15 is 0 Å². The van der Waals surface area contributed by atoms with Crippen LogP contribution in [0.4, 0.5) is 0 Å². The van der Waals surface area contributed by atoms with Crippen LogP contribution in [0.3, 0.4) is 0 Å². The van der Waals surface area contributed by atoms with Gasteiger partial charge >= 0.3 is 21.1 Å². The van der Waals surface area contributed by atoms with Crippen LogP contribution in [-0.2, 0) is 26.5 Å². The van der Waals surface area contributed by atoms with Crippen molar-refractivity contribution in [2.24, 2.45) is 0 Å². The van der Waals surface area contributed by atoms with Crippen LogP contribution in [0.1, 0.15) is 26.3 Å². The van der Waals surface area contributed by atoms with Gasteiger partial charge in [-0.15, -0.1) is 35.7 Å². The van der Waals surface area contributed by atoms with Crippen LogP contribution >= 0.6 is 0 Å². The molecule has 12 aromatic rings. The van der Waals surface area contributed by atoms with Gasteiger partial charge in [0.15, 0.2) is 0 Å². The Morgan fingerprint density at radius 1 is 0.429 bits per heavy atom. The van der Waals surface area contributed by atoms with Crippen molar-refractivity contribution >= 4 is 77.5 Å². The normalized spacial score (nSPS) is 12.4. The van der Waals surface area contributed by atoms with Crippen LogP contribution < -0.4 is 0 Å². The molecule has 0 unspecified atom stereocenters. The fourth-order valence-electron chi connectivity index (χ4n) is 8.66. The average Bonchev–Trinajstić information content (AvgIpc) is 3.99. The predicted molar refractivity (Wildman–Crippen MR) is 223 cm³/mol. The summed E-state index contributed by atoms with van der Waals surface area (Å²) in [5, 5.41) is 2.29. The number of nitrogens with zero attached hydrogens (tertiary/aromatic N) is 7. The summed E-state index contributed by atoms with van der Waals surface area (Å²) in [5.74, 6) is 1.72. The topological polar surface area (TPSA) is 49.4 Å². The molecule has 0 fully saturated rings. The van der Waals surface area contributed by atoms with Crippen molar-refractivity contribution in [2.45, 2.75) is 26.2 Å². The van der Waals surface area contributed by atoms with Gasteiger partial charge in [0.1, 0.15) is 0 Å². The van der Waals surface area contributed by atoms with Crippen LogP contribution in [0.2, 0.25) is 0 Å². The second-order valence-electron chi connectivity index (χ2n) is 15.5. The Morgan fingerprint density at radius 2 is 0.964 bits per heavy atom. The standard InChI is InChI=1S/C48H33N7.Pt/c1-48(2,3)30-23-26-43-45(27-30)53(47-50-37-17-6-9-20-40(37)55(43)47)32-14-12-13-31(28-32)51-38-18-7-4-15-34(38)35-25-24-33(29-44(35)51)52-41-21-10-11-22-42(41)54-39-19-8-5-16-36(39)49-46(52)54;/h4-27H,1-3H3;/q-2;+2. The molecule has 0 spiro atoms. The first kappa shape index (κ1) is 33.0. The summed E-state index contributed by atoms with van der Waals surface area (Å²) in [4.78, 5) is 10.3. The van der Waals surface area contributed by atoms with Crippen molar-refractivity contribution in [3.8, 4) is 17.1 Å². The molecule has 0 aliphatic carbocycles. The third-order valence-electron chi connectivity index (χ3n) is 11.2. The molecule has 56 heavy (non-hydrogen) atoms. The van der Waals surface area contributed by atoms with Crippen molar-refractivity contribution < 1.29 is 21.1 Å². The van der Waals surface area contributed by atoms with Crippen molar-refractivity contribution in [3.05, 3.63) is 163 Å². The van der Waals surface area contributed by atoms with Crippen molar-refractivity contribution in [3.63, 3.8) is 0 Å². The summed E-state index contributed by atoms with van der Waals surface area (Å²) in [6.07, 6.45) is 0. The Morgan fingerprint density at radius 3 is 1.64 bits per heavy atom. The van der Waals surface area contributed by atoms with E-state index in [0.717, 1.165) is 94.6 Å². The minimum absolute atomic E-state index is 0. The minimum atomic E-state index is -0.0186. The predicted octanol–water partition coefficient (Wildman–Crippen LogP) is 11.2. The SMILES string of the molecule is CC(C)(C)c1ccc2c(c1)n(-c1[c-]c(-n3c4[c-]c(-n5c6ccccc6n6c7ccccc7nc56)ccc4c4ccccc43)ccc1)c1nc3ccccc3n21.[Pt+2]. The zero-order valence-electron chi connectivity index (χ0n) is 30.8. The quantitative estimate of drug-likeness (QED) is 0.166. The Labute approximate surface area is 335 Å². The fourth-order valence-corrected chi connectivity index (χ4v) is 8.66. The van der Waals surface area contributed by atoms with E-state index in [4.69, 9.17) is 9.97 Å². The molecular weight excluding hydrogens is 870 g/mol. The van der Waals surface area contributed by atoms with Gasteiger partial charge in [-0.25, -0.2) is 9.97 Å². The number of aromatic nitrogens is 7. The first-order chi connectivity index (χ1) is 26.9. The summed E-state index contributed by atoms with van der Waals surface area (Å²) >= 11 is 0. The van der Waals surface area contributed by atoms with E-state index in [0.29, 0.717) is 0 Å². The molecule has 0 saturated heterocycles. The maximum atomic E-state index is 5.20. The molecule has 5 heterocycles. The van der Waals surface area contributed by atoms with Crippen molar-refractivity contribution in [1.29, 1.82) is 0 Å². The van der Waals surface area contributed by atoms with Crippen LogP contribution in [0.15, 0.2) is 146 Å². The number of imidazole rings is 4. The largest absolute Gasteiger partial charge is 2.00 e. The van der Waals surface area contributed by atoms with E-state index in [9.17, 15) is 0 Å². The summed E-state index contributed by atoms with van der Waals surface area (Å²) in [6.45, 7) is 6.79. The Kier molecular flexibility index (Phi) is 6.93. The molecule has 0 saturated carbocycles. The van der Waals surface area contributed by atoms with E-state index in [2.05, 4.69) is 195 Å². The van der Waals surface area contributed by atoms with Crippen molar-refractivity contribution in [1.82, 2.24) is 32.5 Å². The molecule has 0 aliphatic heterocycles. The number of fused-ring (bicyclic) bond motifs is 13. The molecule has 0 atom stereocenters. The Bertz CT molecular complexity index is 3550. The summed E-state index contributed by atoms with van der Waals surface area (Å²) in [6, 6.07) is 59.2. The fraction of sp³-hybridized carbons (Fsp3) is 0.0833. The van der Waals surface area contributed by atoms with Gasteiger partial charge in [0, 0.05) is 5.52 Å². The molecule has 12 rings (SSSR count). The average molecular weight is 903 g/mol.